The van der Waals surface area contributed by atoms with Crippen LogP contribution in [0.15, 0.2) is 42.5 Å². The molecule has 0 atom stereocenters. The lowest BCUT2D eigenvalue weighted by Crippen LogP contribution is -2.15. The number of hydrogen-bond donors (Lipinski definition) is 1. The molecule has 0 aliphatic heterocycles. The molecular formula is C15H11F4NO. The van der Waals surface area contributed by atoms with Crippen LogP contribution in [0.2, 0.25) is 0 Å². The van der Waals surface area contributed by atoms with Crippen molar-refractivity contribution >= 4 is 11.6 Å². The Balaban J connectivity index is 2.22. The molecule has 0 bridgehead atoms. The van der Waals surface area contributed by atoms with Crippen molar-refractivity contribution in [1.82, 2.24) is 0 Å². The third-order valence-electron chi connectivity index (χ3n) is 2.85. The molecule has 0 spiro atoms. The number of carbonyl (C=O) groups is 1. The van der Waals surface area contributed by atoms with Gasteiger partial charge in [-0.25, -0.2) is 4.39 Å². The van der Waals surface area contributed by atoms with E-state index >= 15 is 0 Å². The Morgan fingerprint density at radius 3 is 2.19 bits per heavy atom. The molecular weight excluding hydrogens is 286 g/mol. The summed E-state index contributed by atoms with van der Waals surface area (Å²) in [5.74, 6) is -2.01. The Bertz CT molecular complexity index is 662. The van der Waals surface area contributed by atoms with Gasteiger partial charge in [-0.15, -0.1) is 0 Å². The summed E-state index contributed by atoms with van der Waals surface area (Å²) in [7, 11) is 0. The summed E-state index contributed by atoms with van der Waals surface area (Å²) >= 11 is 0. The molecule has 0 saturated carbocycles. The van der Waals surface area contributed by atoms with Crippen molar-refractivity contribution in [1.29, 1.82) is 0 Å². The highest BCUT2D eigenvalue weighted by Gasteiger charge is 2.31. The molecule has 0 saturated heterocycles. The summed E-state index contributed by atoms with van der Waals surface area (Å²) in [4.78, 5) is 11.8. The minimum absolute atomic E-state index is 0.310. The number of benzene rings is 2. The van der Waals surface area contributed by atoms with Crippen molar-refractivity contribution in [3.8, 4) is 0 Å². The van der Waals surface area contributed by atoms with Crippen LogP contribution in [0.1, 0.15) is 21.5 Å². The molecule has 6 heteroatoms. The van der Waals surface area contributed by atoms with Crippen molar-refractivity contribution in [2.45, 2.75) is 13.1 Å². The summed E-state index contributed by atoms with van der Waals surface area (Å²) in [6.45, 7) is 1.86. The van der Waals surface area contributed by atoms with Crippen LogP contribution in [0, 0.1) is 12.7 Å². The molecule has 21 heavy (non-hydrogen) atoms. The van der Waals surface area contributed by atoms with E-state index in [-0.39, 0.29) is 0 Å². The van der Waals surface area contributed by atoms with Crippen LogP contribution in [-0.2, 0) is 6.18 Å². The number of anilines is 1. The third kappa shape index (κ3) is 3.59. The van der Waals surface area contributed by atoms with E-state index < -0.39 is 29.0 Å². The minimum atomic E-state index is -4.65. The zero-order chi connectivity index (χ0) is 15.6. The molecule has 0 aromatic heterocycles. The number of aryl methyl sites for hydroxylation is 1. The molecule has 0 aliphatic rings. The number of halogens is 4. The largest absolute Gasteiger partial charge is 0.416 e. The number of carbonyl (C=O) groups excluding carboxylic acids is 1. The second-order valence-electron chi connectivity index (χ2n) is 4.51. The standard InChI is InChI=1S/C15H11F4NO/c1-9-2-5-11(6-3-9)20-14(21)12-7-4-10(8-13(12)16)15(17,18)19/h2-8H,1H3,(H,20,21). The van der Waals surface area contributed by atoms with Gasteiger partial charge in [0.25, 0.3) is 5.91 Å². The lowest BCUT2D eigenvalue weighted by Gasteiger charge is -2.10. The van der Waals surface area contributed by atoms with Gasteiger partial charge in [-0.2, -0.15) is 13.2 Å². The van der Waals surface area contributed by atoms with Gasteiger partial charge in [0, 0.05) is 5.69 Å². The molecule has 2 nitrogen and oxygen atoms in total. The number of nitrogens with one attached hydrogen (secondary N) is 1. The maximum absolute atomic E-state index is 13.6. The number of rotatable bonds is 2. The van der Waals surface area contributed by atoms with E-state index in [1.165, 1.54) is 0 Å². The molecule has 110 valence electrons. The molecule has 2 rings (SSSR count). The van der Waals surface area contributed by atoms with Crippen LogP contribution in [0.3, 0.4) is 0 Å². The van der Waals surface area contributed by atoms with Crippen molar-refractivity contribution in [3.63, 3.8) is 0 Å². The maximum Gasteiger partial charge on any atom is 0.416 e. The first kappa shape index (κ1) is 15.0. The normalized spacial score (nSPS) is 11.3. The van der Waals surface area contributed by atoms with Gasteiger partial charge in [0.1, 0.15) is 5.82 Å². The zero-order valence-corrected chi connectivity index (χ0v) is 11.0. The van der Waals surface area contributed by atoms with Gasteiger partial charge in [0.15, 0.2) is 0 Å². The predicted octanol–water partition coefficient (Wildman–Crippen LogP) is 4.41. The fourth-order valence-corrected chi connectivity index (χ4v) is 1.71. The second kappa shape index (κ2) is 5.55. The molecule has 0 fully saturated rings. The SMILES string of the molecule is Cc1ccc(NC(=O)c2ccc(C(F)(F)F)cc2F)cc1. The molecule has 0 aliphatic carbocycles. The van der Waals surface area contributed by atoms with Crippen LogP contribution in [-0.4, -0.2) is 5.91 Å². The van der Waals surface area contributed by atoms with E-state index in [1.54, 1.807) is 24.3 Å². The summed E-state index contributed by atoms with van der Waals surface area (Å²) in [6, 6.07) is 8.54. The Kier molecular flexibility index (Phi) is 3.97. The smallest absolute Gasteiger partial charge is 0.322 e. The highest BCUT2D eigenvalue weighted by atomic mass is 19.4. The number of amides is 1. The van der Waals surface area contributed by atoms with E-state index in [9.17, 15) is 22.4 Å². The van der Waals surface area contributed by atoms with Gasteiger partial charge >= 0.3 is 6.18 Å². The van der Waals surface area contributed by atoms with Crippen molar-refractivity contribution in [3.05, 3.63) is 65.0 Å². The quantitative estimate of drug-likeness (QED) is 0.818. The Labute approximate surface area is 118 Å². The fourth-order valence-electron chi connectivity index (χ4n) is 1.71. The second-order valence-corrected chi connectivity index (χ2v) is 4.51. The van der Waals surface area contributed by atoms with Crippen molar-refractivity contribution < 1.29 is 22.4 Å². The van der Waals surface area contributed by atoms with E-state index in [1.807, 2.05) is 6.92 Å². The van der Waals surface area contributed by atoms with Crippen LogP contribution < -0.4 is 5.32 Å². The van der Waals surface area contributed by atoms with Gasteiger partial charge in [-0.1, -0.05) is 17.7 Å². The first-order valence-corrected chi connectivity index (χ1v) is 6.02. The minimum Gasteiger partial charge on any atom is -0.322 e. The monoisotopic (exact) mass is 297 g/mol. The van der Waals surface area contributed by atoms with Gasteiger partial charge in [-0.3, -0.25) is 4.79 Å². The summed E-state index contributed by atoms with van der Waals surface area (Å²) in [6.07, 6.45) is -4.65. The molecule has 0 radical (unpaired) electrons. The van der Waals surface area contributed by atoms with Gasteiger partial charge < -0.3 is 5.32 Å². The molecule has 0 unspecified atom stereocenters. The van der Waals surface area contributed by atoms with Crippen LogP contribution >= 0.6 is 0 Å². The van der Waals surface area contributed by atoms with E-state index in [4.69, 9.17) is 0 Å². The fraction of sp³-hybridized carbons (Fsp3) is 0.133. The van der Waals surface area contributed by atoms with Crippen LogP contribution in [0.4, 0.5) is 23.2 Å². The van der Waals surface area contributed by atoms with E-state index in [0.29, 0.717) is 17.8 Å². The average Bonchev–Trinajstić information content (AvgIpc) is 2.40. The summed E-state index contributed by atoms with van der Waals surface area (Å²) in [5.41, 5.74) is -0.158. The highest BCUT2D eigenvalue weighted by molar-refractivity contribution is 6.04. The van der Waals surface area contributed by atoms with Crippen molar-refractivity contribution in [2.75, 3.05) is 5.32 Å². The molecule has 0 heterocycles. The number of alkyl halides is 3. The van der Waals surface area contributed by atoms with Gasteiger partial charge in [0.05, 0.1) is 11.1 Å². The van der Waals surface area contributed by atoms with E-state index in [2.05, 4.69) is 5.32 Å². The molecule has 2 aromatic carbocycles. The first-order chi connectivity index (χ1) is 9.77. The maximum atomic E-state index is 13.6. The molecule has 1 amide bonds. The lowest BCUT2D eigenvalue weighted by atomic mass is 10.1. The third-order valence-corrected chi connectivity index (χ3v) is 2.85. The molecule has 2 aromatic rings. The van der Waals surface area contributed by atoms with Crippen LogP contribution in [0.5, 0.6) is 0 Å². The van der Waals surface area contributed by atoms with Crippen molar-refractivity contribution in [2.24, 2.45) is 0 Å². The predicted molar refractivity (Wildman–Crippen MR) is 70.5 cm³/mol. The lowest BCUT2D eigenvalue weighted by molar-refractivity contribution is -0.137. The Morgan fingerprint density at radius 2 is 1.67 bits per heavy atom. The topological polar surface area (TPSA) is 29.1 Å². The van der Waals surface area contributed by atoms with E-state index in [0.717, 1.165) is 11.6 Å². The summed E-state index contributed by atoms with van der Waals surface area (Å²) < 4.78 is 50.9. The van der Waals surface area contributed by atoms with Crippen LogP contribution in [0.25, 0.3) is 0 Å². The number of hydrogen-bond acceptors (Lipinski definition) is 1. The van der Waals surface area contributed by atoms with Gasteiger partial charge in [0.2, 0.25) is 0 Å². The van der Waals surface area contributed by atoms with Gasteiger partial charge in [-0.05, 0) is 37.3 Å². The summed E-state index contributed by atoms with van der Waals surface area (Å²) in [5, 5.41) is 2.42. The average molecular weight is 297 g/mol. The molecule has 1 N–H and O–H groups in total. The zero-order valence-electron chi connectivity index (χ0n) is 11.0. The Morgan fingerprint density at radius 1 is 1.05 bits per heavy atom. The highest BCUT2D eigenvalue weighted by Crippen LogP contribution is 2.30. The Hall–Kier alpha value is -2.37. The first-order valence-electron chi connectivity index (χ1n) is 6.02.